The van der Waals surface area contributed by atoms with Gasteiger partial charge in [-0.05, 0) is 60.7 Å². The standard InChI is InChI=1S/C26H29BrN2O3/c1-26(2,3)18-8-6-17(7-9-18)21(29-12-4-5-13-29)16-28-25(31)24-15-22(30)20-14-19(27)10-11-23(20)32-24/h6-11,14-15,21H,4-5,12-13,16H2,1-3H3,(H,28,31)/t21-/m0/s1. The van der Waals surface area contributed by atoms with Gasteiger partial charge < -0.3 is 9.73 Å². The molecule has 1 aliphatic heterocycles. The van der Waals surface area contributed by atoms with E-state index in [-0.39, 0.29) is 28.6 Å². The van der Waals surface area contributed by atoms with Crippen molar-refractivity contribution < 1.29 is 9.21 Å². The summed E-state index contributed by atoms with van der Waals surface area (Å²) in [5.41, 5.74) is 2.74. The van der Waals surface area contributed by atoms with Gasteiger partial charge in [0.05, 0.1) is 11.4 Å². The highest BCUT2D eigenvalue weighted by Crippen LogP contribution is 2.28. The Morgan fingerprint density at radius 3 is 2.44 bits per heavy atom. The van der Waals surface area contributed by atoms with Crippen LogP contribution in [0.4, 0.5) is 0 Å². The summed E-state index contributed by atoms with van der Waals surface area (Å²) in [6.45, 7) is 9.10. The van der Waals surface area contributed by atoms with Crippen LogP contribution in [0.1, 0.15) is 61.3 Å². The maximum absolute atomic E-state index is 12.9. The molecular formula is C26H29BrN2O3. The third-order valence-corrected chi connectivity index (χ3v) is 6.61. The molecule has 0 unspecified atom stereocenters. The van der Waals surface area contributed by atoms with E-state index >= 15 is 0 Å². The smallest absolute Gasteiger partial charge is 0.287 e. The van der Waals surface area contributed by atoms with Gasteiger partial charge in [0.25, 0.3) is 5.91 Å². The molecule has 32 heavy (non-hydrogen) atoms. The van der Waals surface area contributed by atoms with Gasteiger partial charge >= 0.3 is 0 Å². The second-order valence-electron chi connectivity index (χ2n) is 9.46. The average Bonchev–Trinajstić information content (AvgIpc) is 3.28. The Morgan fingerprint density at radius 1 is 1.09 bits per heavy atom. The third-order valence-electron chi connectivity index (χ3n) is 6.11. The molecule has 3 aromatic rings. The van der Waals surface area contributed by atoms with Gasteiger partial charge in [0.15, 0.2) is 11.2 Å². The Morgan fingerprint density at radius 2 is 1.78 bits per heavy atom. The number of hydrogen-bond acceptors (Lipinski definition) is 4. The highest BCUT2D eigenvalue weighted by Gasteiger charge is 2.25. The van der Waals surface area contributed by atoms with E-state index in [2.05, 4.69) is 71.2 Å². The number of carbonyl (C=O) groups is 1. The lowest BCUT2D eigenvalue weighted by molar-refractivity contribution is 0.0910. The van der Waals surface area contributed by atoms with Crippen LogP contribution >= 0.6 is 15.9 Å². The monoisotopic (exact) mass is 496 g/mol. The number of carbonyl (C=O) groups excluding carboxylic acids is 1. The number of nitrogens with one attached hydrogen (secondary N) is 1. The molecule has 0 radical (unpaired) electrons. The fourth-order valence-electron chi connectivity index (χ4n) is 4.23. The number of halogens is 1. The lowest BCUT2D eigenvalue weighted by atomic mass is 9.86. The van der Waals surface area contributed by atoms with Crippen LogP contribution in [0.5, 0.6) is 0 Å². The fourth-order valence-corrected chi connectivity index (χ4v) is 4.59. The number of rotatable bonds is 5. The van der Waals surface area contributed by atoms with E-state index < -0.39 is 0 Å². The Labute approximate surface area is 196 Å². The van der Waals surface area contributed by atoms with E-state index in [1.807, 2.05) is 0 Å². The minimum Gasteiger partial charge on any atom is -0.451 e. The van der Waals surface area contributed by atoms with Gasteiger partial charge in [0.2, 0.25) is 0 Å². The largest absolute Gasteiger partial charge is 0.451 e. The summed E-state index contributed by atoms with van der Waals surface area (Å²) in [7, 11) is 0. The molecule has 1 aromatic heterocycles. The summed E-state index contributed by atoms with van der Waals surface area (Å²) in [6.07, 6.45) is 2.33. The van der Waals surface area contributed by atoms with E-state index in [1.54, 1.807) is 18.2 Å². The van der Waals surface area contributed by atoms with E-state index in [4.69, 9.17) is 4.42 Å². The lowest BCUT2D eigenvalue weighted by Crippen LogP contribution is -2.37. The highest BCUT2D eigenvalue weighted by molar-refractivity contribution is 9.10. The quantitative estimate of drug-likeness (QED) is 0.512. The molecule has 0 aliphatic carbocycles. The molecule has 5 nitrogen and oxygen atoms in total. The van der Waals surface area contributed by atoms with E-state index in [1.165, 1.54) is 30.0 Å². The highest BCUT2D eigenvalue weighted by atomic mass is 79.9. The van der Waals surface area contributed by atoms with Crippen molar-refractivity contribution in [1.29, 1.82) is 0 Å². The molecule has 1 atom stereocenters. The molecular weight excluding hydrogens is 468 g/mol. The molecule has 0 spiro atoms. The number of likely N-dealkylation sites (tertiary alicyclic amines) is 1. The van der Waals surface area contributed by atoms with Crippen molar-refractivity contribution in [3.8, 4) is 0 Å². The predicted molar refractivity (Wildman–Crippen MR) is 131 cm³/mol. The van der Waals surface area contributed by atoms with Gasteiger partial charge in [-0.15, -0.1) is 0 Å². The minimum absolute atomic E-state index is 0.0353. The Balaban J connectivity index is 1.54. The summed E-state index contributed by atoms with van der Waals surface area (Å²) in [5.74, 6) is -0.337. The topological polar surface area (TPSA) is 62.6 Å². The number of nitrogens with zero attached hydrogens (tertiary/aromatic N) is 1. The fraction of sp³-hybridized carbons (Fsp3) is 0.385. The molecule has 168 valence electrons. The minimum atomic E-state index is -0.373. The molecule has 6 heteroatoms. The van der Waals surface area contributed by atoms with Crippen molar-refractivity contribution in [3.63, 3.8) is 0 Å². The third kappa shape index (κ3) is 4.97. The Kier molecular flexibility index (Phi) is 6.54. The summed E-state index contributed by atoms with van der Waals surface area (Å²) < 4.78 is 6.52. The number of amides is 1. The van der Waals surface area contributed by atoms with Gasteiger partial charge in [-0.25, -0.2) is 0 Å². The zero-order valence-electron chi connectivity index (χ0n) is 18.8. The van der Waals surface area contributed by atoms with Crippen molar-refractivity contribution in [2.24, 2.45) is 0 Å². The van der Waals surface area contributed by atoms with Gasteiger partial charge in [-0.1, -0.05) is 61.0 Å². The Bertz CT molecular complexity index is 1170. The summed E-state index contributed by atoms with van der Waals surface area (Å²) in [5, 5.41) is 3.45. The maximum atomic E-state index is 12.9. The van der Waals surface area contributed by atoms with Crippen LogP contribution in [0.2, 0.25) is 0 Å². The summed E-state index contributed by atoms with van der Waals surface area (Å²) in [4.78, 5) is 27.8. The molecule has 4 rings (SSSR count). The van der Waals surface area contributed by atoms with Gasteiger partial charge in [-0.3, -0.25) is 14.5 Å². The summed E-state index contributed by atoms with van der Waals surface area (Å²) in [6, 6.07) is 15.2. The second kappa shape index (κ2) is 9.20. The van der Waals surface area contributed by atoms with Gasteiger partial charge in [0.1, 0.15) is 5.58 Å². The van der Waals surface area contributed by atoms with Crippen LogP contribution in [0.3, 0.4) is 0 Å². The van der Waals surface area contributed by atoms with Crippen LogP contribution in [0, 0.1) is 0 Å². The number of benzene rings is 2. The molecule has 1 amide bonds. The van der Waals surface area contributed by atoms with Crippen LogP contribution in [-0.4, -0.2) is 30.4 Å². The first-order chi connectivity index (χ1) is 15.2. The molecule has 2 aromatic carbocycles. The van der Waals surface area contributed by atoms with Crippen LogP contribution in [0.15, 0.2) is 62.2 Å². The van der Waals surface area contributed by atoms with Crippen molar-refractivity contribution in [2.45, 2.75) is 45.1 Å². The molecule has 1 N–H and O–H groups in total. The van der Waals surface area contributed by atoms with E-state index in [0.29, 0.717) is 17.5 Å². The Hall–Kier alpha value is -2.44. The molecule has 0 saturated carbocycles. The summed E-state index contributed by atoms with van der Waals surface area (Å²) >= 11 is 3.36. The predicted octanol–water partition coefficient (Wildman–Crippen LogP) is 5.42. The second-order valence-corrected chi connectivity index (χ2v) is 10.4. The van der Waals surface area contributed by atoms with Crippen LogP contribution in [0.25, 0.3) is 11.0 Å². The van der Waals surface area contributed by atoms with E-state index in [9.17, 15) is 9.59 Å². The SMILES string of the molecule is CC(C)(C)c1ccc([C@H](CNC(=O)c2cc(=O)c3cc(Br)ccc3o2)N2CCCC2)cc1. The first-order valence-corrected chi connectivity index (χ1v) is 11.9. The molecule has 0 bridgehead atoms. The molecule has 2 heterocycles. The average molecular weight is 497 g/mol. The number of hydrogen-bond donors (Lipinski definition) is 1. The van der Waals surface area contributed by atoms with Crippen molar-refractivity contribution in [2.75, 3.05) is 19.6 Å². The number of fused-ring (bicyclic) bond motifs is 1. The molecule has 1 fully saturated rings. The molecule has 1 saturated heterocycles. The van der Waals surface area contributed by atoms with Crippen LogP contribution in [-0.2, 0) is 5.41 Å². The lowest BCUT2D eigenvalue weighted by Gasteiger charge is -2.29. The normalized spacial score (nSPS) is 15.8. The van der Waals surface area contributed by atoms with E-state index in [0.717, 1.165) is 17.6 Å². The van der Waals surface area contributed by atoms with Gasteiger partial charge in [-0.2, -0.15) is 0 Å². The van der Waals surface area contributed by atoms with Crippen molar-refractivity contribution >= 4 is 32.8 Å². The van der Waals surface area contributed by atoms with Gasteiger partial charge in [0, 0.05) is 17.1 Å². The van der Waals surface area contributed by atoms with Crippen molar-refractivity contribution in [1.82, 2.24) is 10.2 Å². The molecule has 1 aliphatic rings. The zero-order chi connectivity index (χ0) is 22.9. The zero-order valence-corrected chi connectivity index (χ0v) is 20.4. The van der Waals surface area contributed by atoms with Crippen molar-refractivity contribution in [3.05, 3.63) is 80.1 Å². The first-order valence-electron chi connectivity index (χ1n) is 11.1. The van der Waals surface area contributed by atoms with Crippen LogP contribution < -0.4 is 10.7 Å². The maximum Gasteiger partial charge on any atom is 0.287 e. The first kappa shape index (κ1) is 22.7.